The Hall–Kier alpha value is -2.10. The molecule has 1 rings (SSSR count). The van der Waals surface area contributed by atoms with E-state index in [2.05, 4.69) is 15.3 Å². The first-order valence-electron chi connectivity index (χ1n) is 5.42. The molecular weight excluding hydrogens is 216 g/mol. The van der Waals surface area contributed by atoms with Crippen molar-refractivity contribution in [1.29, 1.82) is 0 Å². The molecule has 1 amide bonds. The summed E-state index contributed by atoms with van der Waals surface area (Å²) in [6, 6.07) is 9.86. The van der Waals surface area contributed by atoms with Crippen molar-refractivity contribution in [1.82, 2.24) is 5.43 Å². The lowest BCUT2D eigenvalue weighted by molar-refractivity contribution is 0.152. The smallest absolute Gasteiger partial charge is 0.427 e. The molecule has 4 nitrogen and oxygen atoms in total. The van der Waals surface area contributed by atoms with Crippen LogP contribution in [0.2, 0.25) is 0 Å². The largest absolute Gasteiger partial charge is 0.449 e. The Morgan fingerprint density at radius 2 is 2.12 bits per heavy atom. The highest BCUT2D eigenvalue weighted by Crippen LogP contribution is 2.00. The topological polar surface area (TPSA) is 50.7 Å². The quantitative estimate of drug-likeness (QED) is 0.641. The molecule has 0 fully saturated rings. The Kier molecular flexibility index (Phi) is 5.51. The first-order valence-corrected chi connectivity index (χ1v) is 5.42. The van der Waals surface area contributed by atoms with Crippen LogP contribution in [0, 0.1) is 0 Å². The third-order valence-electron chi connectivity index (χ3n) is 1.92. The fourth-order valence-corrected chi connectivity index (χ4v) is 1.12. The van der Waals surface area contributed by atoms with Gasteiger partial charge in [0.25, 0.3) is 0 Å². The van der Waals surface area contributed by atoms with E-state index in [-0.39, 0.29) is 0 Å². The van der Waals surface area contributed by atoms with Gasteiger partial charge in [-0.05, 0) is 25.5 Å². The average Bonchev–Trinajstić information content (AvgIpc) is 2.35. The molecule has 4 heteroatoms. The van der Waals surface area contributed by atoms with E-state index in [1.807, 2.05) is 42.5 Å². The van der Waals surface area contributed by atoms with Crippen LogP contribution in [-0.2, 0) is 4.74 Å². The number of amides is 1. The van der Waals surface area contributed by atoms with Crippen molar-refractivity contribution in [3.05, 3.63) is 42.0 Å². The standard InChI is InChI=1S/C13H16N2O2/c1-3-17-13(16)15-14-11(2)9-10-12-7-5-4-6-8-12/h4-10H,3H2,1-2H3,(H,15,16). The van der Waals surface area contributed by atoms with Crippen LogP contribution in [0.25, 0.3) is 6.08 Å². The summed E-state index contributed by atoms with van der Waals surface area (Å²) in [5.41, 5.74) is 4.07. The second kappa shape index (κ2) is 7.22. The van der Waals surface area contributed by atoms with E-state index in [1.165, 1.54) is 0 Å². The van der Waals surface area contributed by atoms with Gasteiger partial charge in [0.2, 0.25) is 0 Å². The summed E-state index contributed by atoms with van der Waals surface area (Å²) in [5, 5.41) is 3.86. The van der Waals surface area contributed by atoms with Crippen molar-refractivity contribution >= 4 is 17.9 Å². The molecule has 0 aliphatic heterocycles. The number of carbonyl (C=O) groups excluding carboxylic acids is 1. The Morgan fingerprint density at radius 1 is 1.41 bits per heavy atom. The number of allylic oxidation sites excluding steroid dienone is 1. The molecular formula is C13H16N2O2. The minimum Gasteiger partial charge on any atom is -0.449 e. The second-order valence-corrected chi connectivity index (χ2v) is 3.33. The zero-order valence-corrected chi connectivity index (χ0v) is 10.0. The third kappa shape index (κ3) is 5.51. The van der Waals surface area contributed by atoms with Crippen LogP contribution in [0.4, 0.5) is 4.79 Å². The second-order valence-electron chi connectivity index (χ2n) is 3.33. The van der Waals surface area contributed by atoms with Gasteiger partial charge in [0.1, 0.15) is 0 Å². The Balaban J connectivity index is 2.48. The van der Waals surface area contributed by atoms with E-state index < -0.39 is 6.09 Å². The molecule has 1 aromatic rings. The van der Waals surface area contributed by atoms with E-state index in [0.717, 1.165) is 5.56 Å². The predicted octanol–water partition coefficient (Wildman–Crippen LogP) is 2.82. The number of carbonyl (C=O) groups is 1. The Labute approximate surface area is 101 Å². The van der Waals surface area contributed by atoms with Crippen molar-refractivity contribution in [3.8, 4) is 0 Å². The number of benzene rings is 1. The van der Waals surface area contributed by atoms with Gasteiger partial charge in [0.05, 0.1) is 12.3 Å². The molecule has 17 heavy (non-hydrogen) atoms. The van der Waals surface area contributed by atoms with Crippen molar-refractivity contribution in [2.24, 2.45) is 5.10 Å². The summed E-state index contributed by atoms with van der Waals surface area (Å²) >= 11 is 0. The van der Waals surface area contributed by atoms with Crippen molar-refractivity contribution in [3.63, 3.8) is 0 Å². The molecule has 1 N–H and O–H groups in total. The number of rotatable bonds is 4. The molecule has 0 aromatic heterocycles. The summed E-state index contributed by atoms with van der Waals surface area (Å²) in [7, 11) is 0. The summed E-state index contributed by atoms with van der Waals surface area (Å²) in [6.07, 6.45) is 3.20. The van der Waals surface area contributed by atoms with Gasteiger partial charge in [0, 0.05) is 0 Å². The normalized spacial score (nSPS) is 11.5. The van der Waals surface area contributed by atoms with Crippen LogP contribution >= 0.6 is 0 Å². The fraction of sp³-hybridized carbons (Fsp3) is 0.231. The molecule has 0 saturated heterocycles. The van der Waals surface area contributed by atoms with Crippen LogP contribution in [-0.4, -0.2) is 18.4 Å². The third-order valence-corrected chi connectivity index (χ3v) is 1.92. The van der Waals surface area contributed by atoms with Crippen LogP contribution in [0.15, 0.2) is 41.5 Å². The molecule has 0 bridgehead atoms. The number of ether oxygens (including phenoxy) is 1. The van der Waals surface area contributed by atoms with Gasteiger partial charge >= 0.3 is 6.09 Å². The zero-order chi connectivity index (χ0) is 12.5. The molecule has 90 valence electrons. The molecule has 0 radical (unpaired) electrons. The number of hydrogen-bond donors (Lipinski definition) is 1. The van der Waals surface area contributed by atoms with Gasteiger partial charge in [0.15, 0.2) is 0 Å². The van der Waals surface area contributed by atoms with Gasteiger partial charge in [-0.15, -0.1) is 0 Å². The first kappa shape index (κ1) is 13.0. The maximum atomic E-state index is 11.0. The summed E-state index contributed by atoms with van der Waals surface area (Å²) in [6.45, 7) is 3.87. The van der Waals surface area contributed by atoms with Crippen LogP contribution < -0.4 is 5.43 Å². The van der Waals surface area contributed by atoms with Crippen molar-refractivity contribution in [2.75, 3.05) is 6.61 Å². The van der Waals surface area contributed by atoms with Crippen LogP contribution in [0.1, 0.15) is 19.4 Å². The van der Waals surface area contributed by atoms with E-state index >= 15 is 0 Å². The minimum atomic E-state index is -0.542. The summed E-state index contributed by atoms with van der Waals surface area (Å²) in [4.78, 5) is 11.0. The van der Waals surface area contributed by atoms with E-state index in [9.17, 15) is 4.79 Å². The highest BCUT2D eigenvalue weighted by molar-refractivity contribution is 5.96. The number of nitrogens with zero attached hydrogens (tertiary/aromatic N) is 1. The van der Waals surface area contributed by atoms with Gasteiger partial charge in [-0.25, -0.2) is 10.2 Å². The van der Waals surface area contributed by atoms with Crippen molar-refractivity contribution in [2.45, 2.75) is 13.8 Å². The summed E-state index contributed by atoms with van der Waals surface area (Å²) < 4.78 is 4.67. The zero-order valence-electron chi connectivity index (χ0n) is 10.0. The lowest BCUT2D eigenvalue weighted by atomic mass is 10.2. The Bertz CT molecular complexity index is 411. The molecule has 1 aromatic carbocycles. The number of hydrogen-bond acceptors (Lipinski definition) is 3. The highest BCUT2D eigenvalue weighted by Gasteiger charge is 1.95. The van der Waals surface area contributed by atoms with Gasteiger partial charge in [-0.1, -0.05) is 36.4 Å². The van der Waals surface area contributed by atoms with Crippen LogP contribution in [0.3, 0.4) is 0 Å². The van der Waals surface area contributed by atoms with Gasteiger partial charge < -0.3 is 4.74 Å². The van der Waals surface area contributed by atoms with E-state index in [4.69, 9.17) is 0 Å². The fourth-order valence-electron chi connectivity index (χ4n) is 1.12. The molecule has 0 aliphatic carbocycles. The monoisotopic (exact) mass is 232 g/mol. The van der Waals surface area contributed by atoms with E-state index in [0.29, 0.717) is 12.3 Å². The molecule has 0 unspecified atom stereocenters. The molecule has 0 aliphatic rings. The minimum absolute atomic E-state index is 0.334. The average molecular weight is 232 g/mol. The lowest BCUT2D eigenvalue weighted by Gasteiger charge is -1.99. The molecule has 0 saturated carbocycles. The Morgan fingerprint density at radius 3 is 2.76 bits per heavy atom. The SMILES string of the molecule is CCOC(=O)NN=C(C)C=Cc1ccccc1. The van der Waals surface area contributed by atoms with Crippen molar-refractivity contribution < 1.29 is 9.53 Å². The predicted molar refractivity (Wildman–Crippen MR) is 68.7 cm³/mol. The number of nitrogens with one attached hydrogen (secondary N) is 1. The first-order chi connectivity index (χ1) is 8.22. The van der Waals surface area contributed by atoms with E-state index in [1.54, 1.807) is 13.8 Å². The van der Waals surface area contributed by atoms with Gasteiger partial charge in [-0.2, -0.15) is 5.10 Å². The molecule has 0 spiro atoms. The molecule has 0 heterocycles. The highest BCUT2D eigenvalue weighted by atomic mass is 16.5. The maximum Gasteiger partial charge on any atom is 0.427 e. The number of hydrazone groups is 1. The lowest BCUT2D eigenvalue weighted by Crippen LogP contribution is -2.19. The molecule has 0 atom stereocenters. The van der Waals surface area contributed by atoms with Crippen LogP contribution in [0.5, 0.6) is 0 Å². The van der Waals surface area contributed by atoms with Gasteiger partial charge in [-0.3, -0.25) is 0 Å². The maximum absolute atomic E-state index is 11.0. The summed E-state index contributed by atoms with van der Waals surface area (Å²) in [5.74, 6) is 0.